The maximum atomic E-state index is 12.5. The highest BCUT2D eigenvalue weighted by molar-refractivity contribution is 5.96. The number of nitriles is 1. The number of carbonyl (C=O) groups is 3. The monoisotopic (exact) mass is 653 g/mol. The zero-order valence-corrected chi connectivity index (χ0v) is 28.2. The molecule has 11 heteroatoms. The summed E-state index contributed by atoms with van der Waals surface area (Å²) in [5.74, 6) is -2.38. The second kappa shape index (κ2) is 18.3. The molecule has 3 unspecified atom stereocenters. The number of carbonyl (C=O) groups excluding carboxylic acids is 3. The quantitative estimate of drug-likeness (QED) is 0.190. The Morgan fingerprint density at radius 1 is 1.09 bits per heavy atom. The average molecular weight is 654 g/mol. The van der Waals surface area contributed by atoms with E-state index in [4.69, 9.17) is 10.4 Å². The van der Waals surface area contributed by atoms with Gasteiger partial charge in [-0.15, -0.1) is 0 Å². The van der Waals surface area contributed by atoms with Crippen molar-refractivity contribution in [3.63, 3.8) is 0 Å². The van der Waals surface area contributed by atoms with Crippen molar-refractivity contribution in [2.45, 2.75) is 88.4 Å². The second-order valence-corrected chi connectivity index (χ2v) is 12.8. The number of β-amino-alcohol motifs (C(OH)–C–C–N with tert-alkyl or cyclic N) is 1. The number of anilines is 2. The Morgan fingerprint density at radius 3 is 2.17 bits per heavy atom. The first kappa shape index (κ1) is 39.0. The number of likely N-dealkylation sites (tertiary alicyclic amines) is 1. The van der Waals surface area contributed by atoms with Crippen LogP contribution in [0.5, 0.6) is 0 Å². The molecule has 256 valence electrons. The Hall–Kier alpha value is -4.14. The molecule has 4 rings (SSSR count). The minimum atomic E-state index is -2.38. The lowest BCUT2D eigenvalue weighted by Gasteiger charge is -2.29. The van der Waals surface area contributed by atoms with Crippen LogP contribution in [0, 0.1) is 11.5 Å². The largest absolute Gasteiger partial charge is 0.391 e. The van der Waals surface area contributed by atoms with Gasteiger partial charge in [0.1, 0.15) is 24.9 Å². The lowest BCUT2D eigenvalue weighted by molar-refractivity contribution is -0.111. The summed E-state index contributed by atoms with van der Waals surface area (Å²) in [6, 6.07) is 15.2. The van der Waals surface area contributed by atoms with E-state index >= 15 is 0 Å². The molecule has 0 amide bonds. The van der Waals surface area contributed by atoms with Crippen LogP contribution >= 0.6 is 0 Å². The normalized spacial score (nSPS) is 19.9. The van der Waals surface area contributed by atoms with E-state index in [-0.39, 0.29) is 18.3 Å². The smallest absolute Gasteiger partial charge is 0.248 e. The molecule has 0 spiro atoms. The van der Waals surface area contributed by atoms with Gasteiger partial charge < -0.3 is 30.2 Å². The van der Waals surface area contributed by atoms with Crippen molar-refractivity contribution in [3.8, 4) is 6.19 Å². The maximum Gasteiger partial charge on any atom is 0.248 e. The summed E-state index contributed by atoms with van der Waals surface area (Å²) in [6.07, 6.45) is 6.81. The molecule has 1 aliphatic heterocycles. The number of aliphatic hydroxyl groups excluding tert-OH is 1. The minimum Gasteiger partial charge on any atom is -0.391 e. The first-order chi connectivity index (χ1) is 22.2. The molecule has 9 nitrogen and oxygen atoms in total. The van der Waals surface area contributed by atoms with Crippen LogP contribution in [0.4, 0.5) is 20.2 Å². The summed E-state index contributed by atoms with van der Waals surface area (Å²) >= 11 is 0. The van der Waals surface area contributed by atoms with Gasteiger partial charge in [0.15, 0.2) is 6.19 Å². The van der Waals surface area contributed by atoms with Gasteiger partial charge in [0.05, 0.1) is 18.7 Å². The lowest BCUT2D eigenvalue weighted by Crippen LogP contribution is -2.34. The number of benzene rings is 2. The van der Waals surface area contributed by atoms with Gasteiger partial charge in [0, 0.05) is 56.3 Å². The predicted molar refractivity (Wildman–Crippen MR) is 182 cm³/mol. The number of aldehydes is 3. The van der Waals surface area contributed by atoms with Crippen LogP contribution < -0.4 is 15.5 Å². The summed E-state index contributed by atoms with van der Waals surface area (Å²) in [5, 5.41) is 23.5. The molecule has 0 aromatic heterocycles. The fourth-order valence-corrected chi connectivity index (χ4v) is 5.52. The number of halogens is 2. The number of para-hydroxylation sites is 1. The van der Waals surface area contributed by atoms with Gasteiger partial charge >= 0.3 is 0 Å². The van der Waals surface area contributed by atoms with E-state index in [1.807, 2.05) is 68.6 Å². The van der Waals surface area contributed by atoms with Crippen LogP contribution in [-0.2, 0) is 19.8 Å². The summed E-state index contributed by atoms with van der Waals surface area (Å²) in [4.78, 5) is 36.7. The van der Waals surface area contributed by atoms with E-state index in [9.17, 15) is 23.2 Å². The molecule has 47 heavy (non-hydrogen) atoms. The fourth-order valence-electron chi connectivity index (χ4n) is 5.52. The number of hydrogen-bond acceptors (Lipinski definition) is 9. The molecular formula is C36H49F2N5O4. The molecule has 2 aromatic carbocycles. The first-order valence-electron chi connectivity index (χ1n) is 15.8. The molecule has 2 aromatic rings. The van der Waals surface area contributed by atoms with Gasteiger partial charge in [-0.05, 0) is 60.7 Å². The zero-order valence-electron chi connectivity index (χ0n) is 28.2. The molecule has 1 saturated carbocycles. The third-order valence-electron chi connectivity index (χ3n) is 8.49. The number of nitrogens with one attached hydrogen (secondary N) is 2. The van der Waals surface area contributed by atoms with Crippen molar-refractivity contribution in [2.75, 3.05) is 37.9 Å². The molecule has 1 heterocycles. The highest BCUT2D eigenvalue weighted by atomic mass is 19.3. The van der Waals surface area contributed by atoms with E-state index in [1.165, 1.54) is 16.5 Å². The third kappa shape index (κ3) is 11.6. The van der Waals surface area contributed by atoms with Crippen LogP contribution in [0.3, 0.4) is 0 Å². The standard InChI is InChI=1S/C23H28N2O2.C7H13F2N.C6H8N2O2/c1-23(2,3)17-10-12-18(13-11-17)25(5)22(16-27)20(14-15-26)19-8-6-7-9-21(19)24-4;1-10-6-2-4-7(8,9)5-3-6;7-4-8-2-6(10)1-5(8)3-9/h6-16,22,24H,1-5H3;6,10H,2-5H2,1H3;3,5-6,10H,1-2H2/b20-14+;;. The van der Waals surface area contributed by atoms with E-state index < -0.39 is 24.1 Å². The van der Waals surface area contributed by atoms with Gasteiger partial charge in [-0.25, -0.2) is 8.78 Å². The lowest BCUT2D eigenvalue weighted by atomic mass is 9.87. The zero-order chi connectivity index (χ0) is 35.2. The summed E-state index contributed by atoms with van der Waals surface area (Å²) in [5.41, 5.74) is 4.57. The van der Waals surface area contributed by atoms with Gasteiger partial charge in [-0.1, -0.05) is 51.1 Å². The Labute approximate surface area is 277 Å². The molecule has 1 saturated heterocycles. The molecule has 2 aliphatic rings. The van der Waals surface area contributed by atoms with Crippen molar-refractivity contribution >= 4 is 35.8 Å². The highest BCUT2D eigenvalue weighted by Gasteiger charge is 2.34. The topological polar surface area (TPSA) is 126 Å². The summed E-state index contributed by atoms with van der Waals surface area (Å²) in [7, 11) is 5.52. The van der Waals surface area contributed by atoms with Crippen LogP contribution in [-0.4, -0.2) is 86.7 Å². The molecule has 1 aliphatic carbocycles. The van der Waals surface area contributed by atoms with E-state index in [1.54, 1.807) is 0 Å². The highest BCUT2D eigenvalue weighted by Crippen LogP contribution is 2.33. The molecule has 0 radical (unpaired) electrons. The van der Waals surface area contributed by atoms with Crippen LogP contribution in [0.25, 0.3) is 5.57 Å². The number of aliphatic hydroxyl groups is 1. The predicted octanol–water partition coefficient (Wildman–Crippen LogP) is 5.20. The van der Waals surface area contributed by atoms with E-state index in [0.29, 0.717) is 43.7 Å². The molecule has 3 N–H and O–H groups in total. The van der Waals surface area contributed by atoms with Crippen LogP contribution in [0.2, 0.25) is 0 Å². The van der Waals surface area contributed by atoms with E-state index in [2.05, 4.69) is 43.5 Å². The van der Waals surface area contributed by atoms with Crippen molar-refractivity contribution in [3.05, 3.63) is 65.7 Å². The van der Waals surface area contributed by atoms with Crippen molar-refractivity contribution < 1.29 is 28.3 Å². The van der Waals surface area contributed by atoms with Gasteiger partial charge in [0.25, 0.3) is 0 Å². The number of likely N-dealkylation sites (N-methyl/N-ethyl adjacent to an activating group) is 1. The van der Waals surface area contributed by atoms with Crippen molar-refractivity contribution in [1.29, 1.82) is 5.26 Å². The van der Waals surface area contributed by atoms with Crippen LogP contribution in [0.1, 0.15) is 64.0 Å². The van der Waals surface area contributed by atoms with Crippen molar-refractivity contribution in [2.24, 2.45) is 0 Å². The van der Waals surface area contributed by atoms with Crippen LogP contribution in [0.15, 0.2) is 54.6 Å². The van der Waals surface area contributed by atoms with Gasteiger partial charge in [-0.3, -0.25) is 9.69 Å². The van der Waals surface area contributed by atoms with Crippen molar-refractivity contribution in [1.82, 2.24) is 10.2 Å². The average Bonchev–Trinajstić information content (AvgIpc) is 3.44. The molecular weight excluding hydrogens is 604 g/mol. The molecule has 0 bridgehead atoms. The summed E-state index contributed by atoms with van der Waals surface area (Å²) < 4.78 is 25.0. The SMILES string of the molecule is CNC1CCC(F)(F)CC1.CNc1ccccc1/C(=C\C=O)C(C=O)N(C)c1ccc(C(C)(C)C)cc1.N#CN1CC(O)CC1C=O. The maximum absolute atomic E-state index is 12.5. The fraction of sp³-hybridized carbons (Fsp3) is 0.500. The Morgan fingerprint density at radius 2 is 1.70 bits per heavy atom. The minimum absolute atomic E-state index is 0.0541. The Bertz CT molecular complexity index is 1360. The Kier molecular flexibility index (Phi) is 15.2. The number of alkyl halides is 2. The second-order valence-electron chi connectivity index (χ2n) is 12.8. The first-order valence-corrected chi connectivity index (χ1v) is 15.8. The number of hydrogen-bond donors (Lipinski definition) is 3. The number of allylic oxidation sites excluding steroid dienone is 1. The van der Waals surface area contributed by atoms with E-state index in [0.717, 1.165) is 29.5 Å². The van der Waals surface area contributed by atoms with Gasteiger partial charge in [0.2, 0.25) is 5.92 Å². The Balaban J connectivity index is 0.000000310. The number of rotatable bonds is 9. The third-order valence-corrected chi connectivity index (χ3v) is 8.49. The summed E-state index contributed by atoms with van der Waals surface area (Å²) in [6.45, 7) is 6.79. The van der Waals surface area contributed by atoms with Gasteiger partial charge in [-0.2, -0.15) is 5.26 Å². The molecule has 2 fully saturated rings. The molecule has 3 atom stereocenters. The number of nitrogens with zero attached hydrogens (tertiary/aromatic N) is 3.